The predicted molar refractivity (Wildman–Crippen MR) is 52.6 cm³/mol. The van der Waals surface area contributed by atoms with E-state index in [1.807, 2.05) is 0 Å². The zero-order chi connectivity index (χ0) is 10.1. The van der Waals surface area contributed by atoms with Crippen LogP contribution in [0.4, 0.5) is 8.78 Å². The Labute approximate surface area is 86.9 Å². The molecule has 2 unspecified atom stereocenters. The molecule has 1 fully saturated rings. The van der Waals surface area contributed by atoms with Crippen LogP contribution in [0.2, 0.25) is 0 Å². The lowest BCUT2D eigenvalue weighted by atomic mass is 9.97. The smallest absolute Gasteiger partial charge is 0.162 e. The maximum absolute atomic E-state index is 13.4. The second-order valence-electron chi connectivity index (χ2n) is 3.75. The van der Waals surface area contributed by atoms with Crippen molar-refractivity contribution in [3.63, 3.8) is 0 Å². The largest absolute Gasteiger partial charge is 0.204 e. The van der Waals surface area contributed by atoms with E-state index in [-0.39, 0.29) is 11.3 Å². The molecule has 1 aliphatic carbocycles. The fraction of sp³-hybridized carbons (Fsp3) is 0.455. The first-order valence-corrected chi connectivity index (χ1v) is 5.20. The molecule has 0 spiro atoms. The Morgan fingerprint density at radius 1 is 1.21 bits per heavy atom. The van der Waals surface area contributed by atoms with Crippen LogP contribution in [0.15, 0.2) is 18.2 Å². The van der Waals surface area contributed by atoms with Crippen LogP contribution in [-0.2, 0) is 0 Å². The summed E-state index contributed by atoms with van der Waals surface area (Å²) in [7, 11) is 0. The van der Waals surface area contributed by atoms with Gasteiger partial charge in [0, 0.05) is 5.38 Å². The standard InChI is InChI=1S/C11H11ClF2/c12-8-5-4-7(6-8)9-2-1-3-10(13)11(9)14/h1-3,7-8H,4-6H2. The maximum atomic E-state index is 13.4. The Morgan fingerprint density at radius 3 is 2.64 bits per heavy atom. The molecule has 2 rings (SSSR count). The van der Waals surface area contributed by atoms with Crippen molar-refractivity contribution < 1.29 is 8.78 Å². The first-order valence-electron chi connectivity index (χ1n) is 4.76. The van der Waals surface area contributed by atoms with E-state index in [9.17, 15) is 8.78 Å². The molecule has 0 N–H and O–H groups in total. The number of alkyl halides is 1. The predicted octanol–water partition coefficient (Wildman–Crippen LogP) is 3.84. The van der Waals surface area contributed by atoms with Crippen molar-refractivity contribution in [1.82, 2.24) is 0 Å². The average Bonchev–Trinajstić information content (AvgIpc) is 2.57. The van der Waals surface area contributed by atoms with Gasteiger partial charge in [-0.1, -0.05) is 12.1 Å². The van der Waals surface area contributed by atoms with Crippen molar-refractivity contribution in [2.75, 3.05) is 0 Å². The van der Waals surface area contributed by atoms with Crippen molar-refractivity contribution in [2.45, 2.75) is 30.6 Å². The second kappa shape index (κ2) is 3.85. The first kappa shape index (κ1) is 9.91. The quantitative estimate of drug-likeness (QED) is 0.626. The topological polar surface area (TPSA) is 0 Å². The molecule has 76 valence electrons. The highest BCUT2D eigenvalue weighted by Crippen LogP contribution is 2.38. The van der Waals surface area contributed by atoms with Gasteiger partial charge in [-0.05, 0) is 36.8 Å². The number of hydrogen-bond donors (Lipinski definition) is 0. The Kier molecular flexibility index (Phi) is 2.73. The van der Waals surface area contributed by atoms with Gasteiger partial charge in [0.25, 0.3) is 0 Å². The summed E-state index contributed by atoms with van der Waals surface area (Å²) in [5, 5.41) is 0.114. The number of benzene rings is 1. The molecule has 0 aromatic heterocycles. The van der Waals surface area contributed by atoms with Gasteiger partial charge in [0.1, 0.15) is 0 Å². The normalized spacial score (nSPS) is 26.8. The second-order valence-corrected chi connectivity index (χ2v) is 4.37. The summed E-state index contributed by atoms with van der Waals surface area (Å²) in [5.74, 6) is -1.38. The van der Waals surface area contributed by atoms with Crippen LogP contribution in [0, 0.1) is 11.6 Å². The highest BCUT2D eigenvalue weighted by atomic mass is 35.5. The molecule has 0 saturated heterocycles. The molecule has 1 saturated carbocycles. The van der Waals surface area contributed by atoms with E-state index >= 15 is 0 Å². The molecular formula is C11H11ClF2. The van der Waals surface area contributed by atoms with Crippen molar-refractivity contribution in [3.05, 3.63) is 35.4 Å². The Morgan fingerprint density at radius 2 is 2.00 bits per heavy atom. The Hall–Kier alpha value is -0.630. The van der Waals surface area contributed by atoms with Gasteiger partial charge in [-0.2, -0.15) is 0 Å². The molecule has 3 heteroatoms. The van der Waals surface area contributed by atoms with Gasteiger partial charge in [-0.25, -0.2) is 8.78 Å². The molecule has 14 heavy (non-hydrogen) atoms. The molecular weight excluding hydrogens is 206 g/mol. The number of rotatable bonds is 1. The SMILES string of the molecule is Fc1cccc(C2CCC(Cl)C2)c1F. The van der Waals surface area contributed by atoms with Crippen LogP contribution in [0.3, 0.4) is 0 Å². The Bertz CT molecular complexity index is 338. The third-order valence-corrected chi connectivity index (χ3v) is 3.19. The van der Waals surface area contributed by atoms with Crippen LogP contribution in [-0.4, -0.2) is 5.38 Å². The number of halogens is 3. The minimum absolute atomic E-state index is 0.0909. The first-order chi connectivity index (χ1) is 6.68. The van der Waals surface area contributed by atoms with Gasteiger partial charge in [0.2, 0.25) is 0 Å². The molecule has 0 aliphatic heterocycles. The van der Waals surface area contributed by atoms with Gasteiger partial charge < -0.3 is 0 Å². The van der Waals surface area contributed by atoms with Gasteiger partial charge in [-0.15, -0.1) is 11.6 Å². The van der Waals surface area contributed by atoms with E-state index < -0.39 is 11.6 Å². The van der Waals surface area contributed by atoms with Gasteiger partial charge >= 0.3 is 0 Å². The molecule has 1 aromatic carbocycles. The summed E-state index contributed by atoms with van der Waals surface area (Å²) < 4.78 is 26.3. The molecule has 2 atom stereocenters. The lowest BCUT2D eigenvalue weighted by Crippen LogP contribution is -2.00. The molecule has 0 nitrogen and oxygen atoms in total. The zero-order valence-electron chi connectivity index (χ0n) is 7.64. The minimum Gasteiger partial charge on any atom is -0.204 e. The van der Waals surface area contributed by atoms with E-state index in [0.717, 1.165) is 25.3 Å². The lowest BCUT2D eigenvalue weighted by molar-refractivity contribution is 0.488. The molecule has 0 bridgehead atoms. The van der Waals surface area contributed by atoms with E-state index in [1.54, 1.807) is 12.1 Å². The fourth-order valence-corrected chi connectivity index (χ4v) is 2.39. The van der Waals surface area contributed by atoms with E-state index in [2.05, 4.69) is 0 Å². The van der Waals surface area contributed by atoms with Crippen LogP contribution >= 0.6 is 11.6 Å². The van der Waals surface area contributed by atoms with Crippen LogP contribution in [0.25, 0.3) is 0 Å². The minimum atomic E-state index is -0.763. The molecule has 1 aromatic rings. The highest BCUT2D eigenvalue weighted by Gasteiger charge is 2.27. The number of hydrogen-bond acceptors (Lipinski definition) is 0. The van der Waals surface area contributed by atoms with E-state index in [4.69, 9.17) is 11.6 Å². The van der Waals surface area contributed by atoms with Gasteiger partial charge in [0.15, 0.2) is 11.6 Å². The summed E-state index contributed by atoms with van der Waals surface area (Å²) in [6.45, 7) is 0. The summed E-state index contributed by atoms with van der Waals surface area (Å²) >= 11 is 5.93. The molecule has 0 radical (unpaired) electrons. The van der Waals surface area contributed by atoms with Crippen molar-refractivity contribution >= 4 is 11.6 Å². The molecule has 1 aliphatic rings. The summed E-state index contributed by atoms with van der Waals surface area (Å²) in [5.41, 5.74) is 0.480. The van der Waals surface area contributed by atoms with Gasteiger partial charge in [-0.3, -0.25) is 0 Å². The summed E-state index contributed by atoms with van der Waals surface area (Å²) in [6, 6.07) is 4.35. The highest BCUT2D eigenvalue weighted by molar-refractivity contribution is 6.20. The molecule has 0 amide bonds. The zero-order valence-corrected chi connectivity index (χ0v) is 8.40. The Balaban J connectivity index is 2.28. The third kappa shape index (κ3) is 1.76. The van der Waals surface area contributed by atoms with Crippen molar-refractivity contribution in [1.29, 1.82) is 0 Å². The van der Waals surface area contributed by atoms with Crippen LogP contribution in [0.1, 0.15) is 30.7 Å². The summed E-state index contributed by atoms with van der Waals surface area (Å²) in [6.07, 6.45) is 2.50. The maximum Gasteiger partial charge on any atom is 0.162 e. The van der Waals surface area contributed by atoms with Crippen molar-refractivity contribution in [3.8, 4) is 0 Å². The fourth-order valence-electron chi connectivity index (χ4n) is 2.04. The van der Waals surface area contributed by atoms with Crippen LogP contribution in [0.5, 0.6) is 0 Å². The van der Waals surface area contributed by atoms with Gasteiger partial charge in [0.05, 0.1) is 0 Å². The van der Waals surface area contributed by atoms with Crippen LogP contribution < -0.4 is 0 Å². The third-order valence-electron chi connectivity index (χ3n) is 2.79. The molecule has 0 heterocycles. The van der Waals surface area contributed by atoms with Crippen molar-refractivity contribution in [2.24, 2.45) is 0 Å². The average molecular weight is 217 g/mol. The van der Waals surface area contributed by atoms with E-state index in [1.165, 1.54) is 0 Å². The lowest BCUT2D eigenvalue weighted by Gasteiger charge is -2.10. The summed E-state index contributed by atoms with van der Waals surface area (Å²) in [4.78, 5) is 0. The van der Waals surface area contributed by atoms with E-state index in [0.29, 0.717) is 5.56 Å². The monoisotopic (exact) mass is 216 g/mol.